The molecule has 4 rings (SSSR count). The van der Waals surface area contributed by atoms with Gasteiger partial charge in [0, 0.05) is 17.3 Å². The topological polar surface area (TPSA) is 27.7 Å². The lowest BCUT2D eigenvalue weighted by Crippen LogP contribution is -2.26. The molecule has 3 nitrogen and oxygen atoms in total. The molecular formula is C26H29O3P. The summed E-state index contributed by atoms with van der Waals surface area (Å²) in [4.78, 5) is 0. The Morgan fingerprint density at radius 1 is 0.833 bits per heavy atom. The van der Waals surface area contributed by atoms with Crippen molar-refractivity contribution in [2.24, 2.45) is 0 Å². The van der Waals surface area contributed by atoms with Crippen LogP contribution in [0.2, 0.25) is 0 Å². The standard InChI is InChI=1S/C26H29O3P/c1-26(2,3)30-23(17-18-11-7-6-8-12-18)29-22-16-9-13-19(25(22)30)24-20(27-4)14-10-15-21(24)28-5/h6-16,23H,17H2,1-5H3/t23-,30-/m0/s1. The smallest absolute Gasteiger partial charge is 0.130 e. The van der Waals surface area contributed by atoms with Crippen LogP contribution in [0.3, 0.4) is 0 Å². The molecule has 1 aliphatic heterocycles. The van der Waals surface area contributed by atoms with E-state index < -0.39 is 7.92 Å². The predicted octanol–water partition coefficient (Wildman–Crippen LogP) is 6.24. The molecule has 3 aromatic carbocycles. The number of ether oxygens (including phenoxy) is 3. The van der Waals surface area contributed by atoms with Crippen LogP contribution in [-0.4, -0.2) is 25.2 Å². The van der Waals surface area contributed by atoms with Crippen LogP contribution in [0.5, 0.6) is 17.2 Å². The second kappa shape index (κ2) is 8.32. The normalized spacial score (nSPS) is 17.9. The van der Waals surface area contributed by atoms with Crippen molar-refractivity contribution in [1.82, 2.24) is 0 Å². The van der Waals surface area contributed by atoms with Crippen LogP contribution in [0.4, 0.5) is 0 Å². The van der Waals surface area contributed by atoms with E-state index in [0.717, 1.165) is 34.8 Å². The molecule has 30 heavy (non-hydrogen) atoms. The van der Waals surface area contributed by atoms with E-state index in [2.05, 4.69) is 69.3 Å². The molecule has 3 aromatic rings. The molecule has 0 spiro atoms. The van der Waals surface area contributed by atoms with Crippen LogP contribution in [0.1, 0.15) is 26.3 Å². The van der Waals surface area contributed by atoms with Crippen molar-refractivity contribution in [2.45, 2.75) is 38.2 Å². The molecule has 0 amide bonds. The number of hydrogen-bond acceptors (Lipinski definition) is 3. The molecule has 1 aliphatic rings. The minimum atomic E-state index is -0.602. The first-order valence-electron chi connectivity index (χ1n) is 10.3. The number of benzene rings is 3. The fourth-order valence-corrected chi connectivity index (χ4v) is 7.49. The van der Waals surface area contributed by atoms with E-state index in [1.165, 1.54) is 10.9 Å². The minimum Gasteiger partial charge on any atom is -0.496 e. The van der Waals surface area contributed by atoms with E-state index in [1.54, 1.807) is 14.2 Å². The Balaban J connectivity index is 1.87. The molecule has 0 bridgehead atoms. The van der Waals surface area contributed by atoms with E-state index in [4.69, 9.17) is 14.2 Å². The summed E-state index contributed by atoms with van der Waals surface area (Å²) in [6.07, 6.45) is 0.904. The first-order valence-corrected chi connectivity index (χ1v) is 11.7. The molecule has 0 aromatic heterocycles. The van der Waals surface area contributed by atoms with E-state index in [9.17, 15) is 0 Å². The first-order chi connectivity index (χ1) is 14.4. The number of hydrogen-bond donors (Lipinski definition) is 0. The van der Waals surface area contributed by atoms with Gasteiger partial charge < -0.3 is 14.2 Å². The quantitative estimate of drug-likeness (QED) is 0.458. The van der Waals surface area contributed by atoms with Gasteiger partial charge in [-0.1, -0.05) is 69.3 Å². The fourth-order valence-electron chi connectivity index (χ4n) is 4.24. The predicted molar refractivity (Wildman–Crippen MR) is 126 cm³/mol. The monoisotopic (exact) mass is 420 g/mol. The third-order valence-electron chi connectivity index (χ3n) is 5.46. The molecule has 0 N–H and O–H groups in total. The van der Waals surface area contributed by atoms with Gasteiger partial charge in [-0.25, -0.2) is 0 Å². The lowest BCUT2D eigenvalue weighted by atomic mass is 10.0. The summed E-state index contributed by atoms with van der Waals surface area (Å²) in [5, 5.41) is 1.40. The van der Waals surface area contributed by atoms with Gasteiger partial charge in [0.05, 0.1) is 19.8 Å². The third kappa shape index (κ3) is 3.79. The van der Waals surface area contributed by atoms with Gasteiger partial charge in [0.2, 0.25) is 0 Å². The van der Waals surface area contributed by atoms with Gasteiger partial charge in [-0.15, -0.1) is 0 Å². The van der Waals surface area contributed by atoms with Crippen LogP contribution >= 0.6 is 7.92 Å². The third-order valence-corrected chi connectivity index (χ3v) is 8.72. The molecule has 2 atom stereocenters. The van der Waals surface area contributed by atoms with Crippen molar-refractivity contribution < 1.29 is 14.2 Å². The molecule has 0 saturated carbocycles. The summed E-state index contributed by atoms with van der Waals surface area (Å²) in [5.41, 5.74) is 3.46. The molecule has 0 fully saturated rings. The highest BCUT2D eigenvalue weighted by molar-refractivity contribution is 7.68. The molecule has 1 heterocycles. The Labute approximate surface area is 180 Å². The SMILES string of the molecule is COc1cccc(OC)c1-c1cccc2c1[P@@](C(C)(C)C)[C@@H](Cc1ccccc1)O2. The van der Waals surface area contributed by atoms with Gasteiger partial charge in [0.25, 0.3) is 0 Å². The van der Waals surface area contributed by atoms with Crippen molar-refractivity contribution >= 4 is 13.2 Å². The number of methoxy groups -OCH3 is 2. The van der Waals surface area contributed by atoms with Crippen LogP contribution in [-0.2, 0) is 6.42 Å². The van der Waals surface area contributed by atoms with Gasteiger partial charge in [-0.05, 0) is 36.8 Å². The highest BCUT2D eigenvalue weighted by atomic mass is 31.1. The maximum absolute atomic E-state index is 6.61. The Morgan fingerprint density at radius 2 is 1.47 bits per heavy atom. The van der Waals surface area contributed by atoms with Crippen LogP contribution in [0.15, 0.2) is 66.7 Å². The maximum Gasteiger partial charge on any atom is 0.130 e. The Morgan fingerprint density at radius 3 is 2.07 bits per heavy atom. The first kappa shape index (κ1) is 20.8. The van der Waals surface area contributed by atoms with Gasteiger partial charge >= 0.3 is 0 Å². The Hall–Kier alpha value is -2.51. The zero-order chi connectivity index (χ0) is 21.3. The largest absolute Gasteiger partial charge is 0.496 e. The second-order valence-corrected chi connectivity index (χ2v) is 11.6. The van der Waals surface area contributed by atoms with E-state index in [1.807, 2.05) is 18.2 Å². The summed E-state index contributed by atoms with van der Waals surface area (Å²) in [6, 6.07) is 22.9. The van der Waals surface area contributed by atoms with Gasteiger partial charge in [0.15, 0.2) is 0 Å². The highest BCUT2D eigenvalue weighted by Crippen LogP contribution is 2.61. The van der Waals surface area contributed by atoms with Crippen molar-refractivity contribution in [3.8, 4) is 28.4 Å². The average Bonchev–Trinajstić information content (AvgIpc) is 3.12. The average molecular weight is 420 g/mol. The second-order valence-electron chi connectivity index (χ2n) is 8.49. The summed E-state index contributed by atoms with van der Waals surface area (Å²) in [7, 11) is 2.82. The van der Waals surface area contributed by atoms with E-state index >= 15 is 0 Å². The number of rotatable bonds is 5. The Kier molecular flexibility index (Phi) is 5.75. The lowest BCUT2D eigenvalue weighted by molar-refractivity contribution is 0.293. The van der Waals surface area contributed by atoms with Crippen molar-refractivity contribution in [3.63, 3.8) is 0 Å². The molecular weight excluding hydrogens is 391 g/mol. The highest BCUT2D eigenvalue weighted by Gasteiger charge is 2.43. The van der Waals surface area contributed by atoms with Crippen LogP contribution in [0, 0.1) is 0 Å². The molecule has 0 saturated heterocycles. The lowest BCUT2D eigenvalue weighted by Gasteiger charge is -2.33. The summed E-state index contributed by atoms with van der Waals surface area (Å²) >= 11 is 0. The fraction of sp³-hybridized carbons (Fsp3) is 0.308. The summed E-state index contributed by atoms with van der Waals surface area (Å²) < 4.78 is 18.1. The Bertz CT molecular complexity index is 1000. The zero-order valence-electron chi connectivity index (χ0n) is 18.3. The maximum atomic E-state index is 6.61. The van der Waals surface area contributed by atoms with Gasteiger partial charge in [0.1, 0.15) is 23.1 Å². The molecule has 0 radical (unpaired) electrons. The zero-order valence-corrected chi connectivity index (χ0v) is 19.2. The van der Waals surface area contributed by atoms with E-state index in [-0.39, 0.29) is 11.0 Å². The van der Waals surface area contributed by atoms with Crippen LogP contribution in [0.25, 0.3) is 11.1 Å². The van der Waals surface area contributed by atoms with Gasteiger partial charge in [-0.3, -0.25) is 0 Å². The molecule has 4 heteroatoms. The molecule has 156 valence electrons. The minimum absolute atomic E-state index is 0.0887. The molecule has 0 unspecified atom stereocenters. The van der Waals surface area contributed by atoms with Crippen molar-refractivity contribution in [3.05, 3.63) is 72.3 Å². The van der Waals surface area contributed by atoms with Crippen LogP contribution < -0.4 is 19.5 Å². The summed E-state index contributed by atoms with van der Waals surface area (Å²) in [5.74, 6) is 2.76. The summed E-state index contributed by atoms with van der Waals surface area (Å²) in [6.45, 7) is 6.97. The van der Waals surface area contributed by atoms with E-state index in [0.29, 0.717) is 0 Å². The number of fused-ring (bicyclic) bond motifs is 1. The van der Waals surface area contributed by atoms with Gasteiger partial charge in [-0.2, -0.15) is 0 Å². The van der Waals surface area contributed by atoms with Crippen molar-refractivity contribution in [2.75, 3.05) is 14.2 Å². The van der Waals surface area contributed by atoms with Crippen molar-refractivity contribution in [1.29, 1.82) is 0 Å². The molecule has 0 aliphatic carbocycles.